The third kappa shape index (κ3) is 3.63. The van der Waals surface area contributed by atoms with Crippen LogP contribution in [-0.2, 0) is 0 Å². The van der Waals surface area contributed by atoms with Crippen LogP contribution in [0.3, 0.4) is 0 Å². The molecule has 1 unspecified atom stereocenters. The number of halogens is 2. The lowest BCUT2D eigenvalue weighted by atomic mass is 9.99. The lowest BCUT2D eigenvalue weighted by Crippen LogP contribution is -2.26. The molecule has 2 aromatic rings. The number of hydrogen-bond acceptors (Lipinski definition) is 1. The molecule has 1 nitrogen and oxygen atoms in total. The van der Waals surface area contributed by atoms with Crippen molar-refractivity contribution < 1.29 is 4.39 Å². The fraction of sp³-hybridized carbons (Fsp3) is 0.333. The lowest BCUT2D eigenvalue weighted by Gasteiger charge is -2.24. The van der Waals surface area contributed by atoms with Gasteiger partial charge in [-0.05, 0) is 61.1 Å². The first-order valence-corrected chi connectivity index (χ1v) is 7.78. The Morgan fingerprint density at radius 1 is 1.10 bits per heavy atom. The molecule has 0 aromatic heterocycles. The fourth-order valence-electron chi connectivity index (χ4n) is 2.75. The second-order valence-electron chi connectivity index (χ2n) is 5.81. The normalized spacial score (nSPS) is 17.5. The maximum absolute atomic E-state index is 13.4. The number of benzene rings is 2. The number of nitrogens with one attached hydrogen (secondary N) is 1. The van der Waals surface area contributed by atoms with Crippen LogP contribution < -0.4 is 5.32 Å². The highest BCUT2D eigenvalue weighted by atomic mass is 35.5. The Morgan fingerprint density at radius 2 is 1.81 bits per heavy atom. The molecule has 0 spiro atoms. The van der Waals surface area contributed by atoms with E-state index in [0.29, 0.717) is 12.0 Å². The van der Waals surface area contributed by atoms with E-state index in [1.165, 1.54) is 24.5 Å². The summed E-state index contributed by atoms with van der Waals surface area (Å²) in [5, 5.41) is 4.40. The van der Waals surface area contributed by atoms with E-state index in [0.717, 1.165) is 10.6 Å². The summed E-state index contributed by atoms with van der Waals surface area (Å²) in [4.78, 5) is 0. The fourth-order valence-corrected chi connectivity index (χ4v) is 2.87. The summed E-state index contributed by atoms with van der Waals surface area (Å²) < 4.78 is 13.4. The van der Waals surface area contributed by atoms with Crippen LogP contribution in [0.5, 0.6) is 0 Å². The molecule has 0 amide bonds. The van der Waals surface area contributed by atoms with Crippen molar-refractivity contribution in [1.82, 2.24) is 5.32 Å². The van der Waals surface area contributed by atoms with Crippen LogP contribution in [0, 0.1) is 11.7 Å². The van der Waals surface area contributed by atoms with Crippen LogP contribution >= 0.6 is 11.6 Å². The molecule has 0 bridgehead atoms. The summed E-state index contributed by atoms with van der Waals surface area (Å²) in [6.07, 6.45) is 2.49. The SMILES string of the molecule is C[C@@H](NC(c1ccc(Cl)cc1)C1CC1)c1cccc(F)c1. The molecule has 0 heterocycles. The average molecular weight is 304 g/mol. The standard InChI is InChI=1S/C18H19ClFN/c1-12(15-3-2-4-17(20)11-15)21-18(13-5-6-13)14-7-9-16(19)10-8-14/h2-4,7-13,18,21H,5-6H2,1H3/t12-,18?/m1/s1. The van der Waals surface area contributed by atoms with Gasteiger partial charge in [-0.3, -0.25) is 0 Å². The van der Waals surface area contributed by atoms with Gasteiger partial charge in [-0.15, -0.1) is 0 Å². The molecule has 3 rings (SSSR count). The summed E-state index contributed by atoms with van der Waals surface area (Å²) in [5.41, 5.74) is 2.24. The third-order valence-electron chi connectivity index (χ3n) is 4.10. The van der Waals surface area contributed by atoms with Crippen LogP contribution in [0.25, 0.3) is 0 Å². The Labute approximate surface area is 130 Å². The molecule has 2 aromatic carbocycles. The predicted molar refractivity (Wildman–Crippen MR) is 84.9 cm³/mol. The van der Waals surface area contributed by atoms with Crippen molar-refractivity contribution in [1.29, 1.82) is 0 Å². The molecule has 110 valence electrons. The minimum Gasteiger partial charge on any atom is -0.303 e. The molecular formula is C18H19ClFN. The Hall–Kier alpha value is -1.38. The molecule has 1 N–H and O–H groups in total. The zero-order chi connectivity index (χ0) is 14.8. The van der Waals surface area contributed by atoms with Gasteiger partial charge in [-0.2, -0.15) is 0 Å². The second-order valence-corrected chi connectivity index (χ2v) is 6.25. The molecular weight excluding hydrogens is 285 g/mol. The van der Waals surface area contributed by atoms with E-state index in [1.807, 2.05) is 18.2 Å². The Kier molecular flexibility index (Phi) is 4.27. The molecule has 0 aliphatic heterocycles. The summed E-state index contributed by atoms with van der Waals surface area (Å²) in [6, 6.07) is 15.2. The van der Waals surface area contributed by atoms with Crippen molar-refractivity contribution in [2.45, 2.75) is 31.8 Å². The van der Waals surface area contributed by atoms with Gasteiger partial charge in [0.1, 0.15) is 5.82 Å². The minimum absolute atomic E-state index is 0.113. The Bertz CT molecular complexity index is 607. The maximum Gasteiger partial charge on any atom is 0.123 e. The van der Waals surface area contributed by atoms with E-state index in [1.54, 1.807) is 12.1 Å². The largest absolute Gasteiger partial charge is 0.303 e. The molecule has 21 heavy (non-hydrogen) atoms. The van der Waals surface area contributed by atoms with Crippen molar-refractivity contribution in [3.8, 4) is 0 Å². The summed E-state index contributed by atoms with van der Waals surface area (Å²) in [5.74, 6) is 0.484. The number of hydrogen-bond donors (Lipinski definition) is 1. The topological polar surface area (TPSA) is 12.0 Å². The molecule has 1 fully saturated rings. The van der Waals surface area contributed by atoms with Gasteiger partial charge in [0.2, 0.25) is 0 Å². The maximum atomic E-state index is 13.4. The molecule has 3 heteroatoms. The zero-order valence-corrected chi connectivity index (χ0v) is 12.8. The van der Waals surface area contributed by atoms with Crippen molar-refractivity contribution in [3.05, 3.63) is 70.5 Å². The highest BCUT2D eigenvalue weighted by molar-refractivity contribution is 6.30. The number of rotatable bonds is 5. The molecule has 0 saturated heterocycles. The van der Waals surface area contributed by atoms with Crippen molar-refractivity contribution >= 4 is 11.6 Å². The average Bonchev–Trinajstić information content (AvgIpc) is 3.30. The quantitative estimate of drug-likeness (QED) is 0.792. The van der Waals surface area contributed by atoms with Crippen LogP contribution in [0.4, 0.5) is 4.39 Å². The van der Waals surface area contributed by atoms with Gasteiger partial charge in [-0.25, -0.2) is 4.39 Å². The van der Waals surface area contributed by atoms with Gasteiger partial charge < -0.3 is 5.32 Å². The van der Waals surface area contributed by atoms with E-state index >= 15 is 0 Å². The highest BCUT2D eigenvalue weighted by Gasteiger charge is 2.33. The van der Waals surface area contributed by atoms with Crippen LogP contribution in [0.1, 0.15) is 43.0 Å². The molecule has 2 atom stereocenters. The molecule has 0 radical (unpaired) electrons. The first kappa shape index (κ1) is 14.6. The minimum atomic E-state index is -0.185. The zero-order valence-electron chi connectivity index (χ0n) is 12.0. The Morgan fingerprint density at radius 3 is 2.43 bits per heavy atom. The van der Waals surface area contributed by atoms with Crippen molar-refractivity contribution in [3.63, 3.8) is 0 Å². The first-order valence-electron chi connectivity index (χ1n) is 7.40. The van der Waals surface area contributed by atoms with Crippen LogP contribution in [0.15, 0.2) is 48.5 Å². The molecule has 1 saturated carbocycles. The van der Waals surface area contributed by atoms with Gasteiger partial charge in [0.25, 0.3) is 0 Å². The van der Waals surface area contributed by atoms with E-state index in [4.69, 9.17) is 11.6 Å². The summed E-state index contributed by atoms with van der Waals surface area (Å²) in [6.45, 7) is 2.08. The van der Waals surface area contributed by atoms with Gasteiger partial charge in [0.15, 0.2) is 0 Å². The van der Waals surface area contributed by atoms with Crippen molar-refractivity contribution in [2.75, 3.05) is 0 Å². The lowest BCUT2D eigenvalue weighted by molar-refractivity contribution is 0.426. The summed E-state index contributed by atoms with van der Waals surface area (Å²) in [7, 11) is 0. The second kappa shape index (κ2) is 6.17. The summed E-state index contributed by atoms with van der Waals surface area (Å²) >= 11 is 5.97. The van der Waals surface area contributed by atoms with Gasteiger partial charge in [0, 0.05) is 17.1 Å². The van der Waals surface area contributed by atoms with Gasteiger partial charge >= 0.3 is 0 Å². The van der Waals surface area contributed by atoms with Crippen LogP contribution in [0.2, 0.25) is 5.02 Å². The Balaban J connectivity index is 1.77. The van der Waals surface area contributed by atoms with Gasteiger partial charge in [-0.1, -0.05) is 35.9 Å². The molecule has 1 aliphatic carbocycles. The van der Waals surface area contributed by atoms with E-state index in [9.17, 15) is 4.39 Å². The van der Waals surface area contributed by atoms with E-state index in [-0.39, 0.29) is 11.9 Å². The molecule has 1 aliphatic rings. The van der Waals surface area contributed by atoms with Gasteiger partial charge in [0.05, 0.1) is 0 Å². The third-order valence-corrected chi connectivity index (χ3v) is 4.35. The highest BCUT2D eigenvalue weighted by Crippen LogP contribution is 2.42. The smallest absolute Gasteiger partial charge is 0.123 e. The van der Waals surface area contributed by atoms with E-state index < -0.39 is 0 Å². The predicted octanol–water partition coefficient (Wildman–Crippen LogP) is 5.28. The van der Waals surface area contributed by atoms with E-state index in [2.05, 4.69) is 24.4 Å². The van der Waals surface area contributed by atoms with Crippen LogP contribution in [-0.4, -0.2) is 0 Å². The van der Waals surface area contributed by atoms with Crippen molar-refractivity contribution in [2.24, 2.45) is 5.92 Å². The first-order chi connectivity index (χ1) is 10.1. The monoisotopic (exact) mass is 303 g/mol.